The van der Waals surface area contributed by atoms with Crippen LogP contribution in [0.5, 0.6) is 11.5 Å². The van der Waals surface area contributed by atoms with Crippen LogP contribution in [0.25, 0.3) is 28.3 Å². The number of aromatic nitrogens is 5. The molecular formula is C20H14F3N5O2. The predicted octanol–water partition coefficient (Wildman–Crippen LogP) is 4.30. The maximum Gasteiger partial charge on any atom is 0.573 e. The van der Waals surface area contributed by atoms with Gasteiger partial charge in [-0.1, -0.05) is 24.3 Å². The van der Waals surface area contributed by atoms with Gasteiger partial charge in [-0.15, -0.1) is 28.2 Å². The number of halogens is 3. The van der Waals surface area contributed by atoms with Crippen LogP contribution in [0.3, 0.4) is 0 Å². The van der Waals surface area contributed by atoms with Crippen molar-refractivity contribution in [3.05, 3.63) is 66.9 Å². The van der Waals surface area contributed by atoms with Gasteiger partial charge in [0, 0.05) is 23.4 Å². The Balaban J connectivity index is 1.71. The van der Waals surface area contributed by atoms with Gasteiger partial charge in [-0.3, -0.25) is 4.98 Å². The first-order valence-corrected chi connectivity index (χ1v) is 8.69. The van der Waals surface area contributed by atoms with E-state index in [2.05, 4.69) is 25.1 Å². The maximum absolute atomic E-state index is 12.8. The third kappa shape index (κ3) is 4.07. The van der Waals surface area contributed by atoms with Crippen LogP contribution in [0.4, 0.5) is 13.2 Å². The van der Waals surface area contributed by atoms with Gasteiger partial charge in [0.05, 0.1) is 12.8 Å². The Morgan fingerprint density at radius 3 is 2.40 bits per heavy atom. The molecule has 0 bridgehead atoms. The Morgan fingerprint density at radius 2 is 1.67 bits per heavy atom. The van der Waals surface area contributed by atoms with Crippen molar-refractivity contribution in [1.29, 1.82) is 0 Å². The smallest absolute Gasteiger partial charge is 0.496 e. The van der Waals surface area contributed by atoms with Crippen LogP contribution in [0.2, 0.25) is 0 Å². The molecule has 2 aromatic carbocycles. The molecule has 30 heavy (non-hydrogen) atoms. The number of rotatable bonds is 5. The minimum Gasteiger partial charge on any atom is -0.496 e. The highest BCUT2D eigenvalue weighted by atomic mass is 19.4. The minimum absolute atomic E-state index is 0.235. The van der Waals surface area contributed by atoms with Gasteiger partial charge < -0.3 is 9.47 Å². The number of alkyl halides is 3. The molecule has 0 saturated heterocycles. The summed E-state index contributed by atoms with van der Waals surface area (Å²) in [6.07, 6.45) is -3.19. The summed E-state index contributed by atoms with van der Waals surface area (Å²) in [4.78, 5) is 5.46. The molecule has 10 heteroatoms. The van der Waals surface area contributed by atoms with Gasteiger partial charge >= 0.3 is 6.36 Å². The van der Waals surface area contributed by atoms with Gasteiger partial charge in [-0.25, -0.2) is 0 Å². The number of hydrogen-bond donors (Lipinski definition) is 0. The number of para-hydroxylation sites is 1. The van der Waals surface area contributed by atoms with E-state index < -0.39 is 6.36 Å². The lowest BCUT2D eigenvalue weighted by Crippen LogP contribution is -2.17. The van der Waals surface area contributed by atoms with Gasteiger partial charge in [-0.2, -0.15) is 0 Å². The standard InChI is InChI=1S/C20H14F3N5O2/c1-29-18-12-13(28-26-19(25-27-28)16-7-4-5-11-24-16)9-10-15(18)14-6-2-3-8-17(14)30-20(21,22)23/h2-12H,1H3. The molecule has 2 aromatic heterocycles. The monoisotopic (exact) mass is 413 g/mol. The van der Waals surface area contributed by atoms with Crippen molar-refractivity contribution in [2.45, 2.75) is 6.36 Å². The molecule has 0 radical (unpaired) electrons. The topological polar surface area (TPSA) is 75.0 Å². The first kappa shape index (κ1) is 19.4. The largest absolute Gasteiger partial charge is 0.573 e. The molecule has 2 heterocycles. The highest BCUT2D eigenvalue weighted by molar-refractivity contribution is 5.77. The zero-order chi connectivity index (χ0) is 21.1. The zero-order valence-electron chi connectivity index (χ0n) is 15.5. The van der Waals surface area contributed by atoms with Crippen molar-refractivity contribution < 1.29 is 22.6 Å². The van der Waals surface area contributed by atoms with Crippen LogP contribution in [0, 0.1) is 0 Å². The normalized spacial score (nSPS) is 11.3. The Labute approximate surface area is 168 Å². The van der Waals surface area contributed by atoms with Crippen molar-refractivity contribution >= 4 is 0 Å². The number of tetrazole rings is 1. The number of benzene rings is 2. The lowest BCUT2D eigenvalue weighted by atomic mass is 10.0. The maximum atomic E-state index is 12.8. The van der Waals surface area contributed by atoms with Crippen molar-refractivity contribution in [2.24, 2.45) is 0 Å². The van der Waals surface area contributed by atoms with Gasteiger partial charge in [-0.05, 0) is 35.5 Å². The molecule has 0 N–H and O–H groups in total. The summed E-state index contributed by atoms with van der Waals surface area (Å²) in [7, 11) is 1.42. The molecule has 0 amide bonds. The summed E-state index contributed by atoms with van der Waals surface area (Å²) in [6, 6.07) is 16.0. The zero-order valence-corrected chi connectivity index (χ0v) is 15.5. The summed E-state index contributed by atoms with van der Waals surface area (Å²) < 4.78 is 47.8. The molecule has 0 unspecified atom stereocenters. The number of pyridine rings is 1. The van der Waals surface area contributed by atoms with Gasteiger partial charge in [0.15, 0.2) is 0 Å². The van der Waals surface area contributed by atoms with Crippen LogP contribution < -0.4 is 9.47 Å². The van der Waals surface area contributed by atoms with Crippen molar-refractivity contribution in [2.75, 3.05) is 7.11 Å². The predicted molar refractivity (Wildman–Crippen MR) is 101 cm³/mol. The average molecular weight is 413 g/mol. The fraction of sp³-hybridized carbons (Fsp3) is 0.100. The lowest BCUT2D eigenvalue weighted by molar-refractivity contribution is -0.274. The summed E-state index contributed by atoms with van der Waals surface area (Å²) in [6.45, 7) is 0. The Kier molecular flexibility index (Phi) is 5.05. The average Bonchev–Trinajstić information content (AvgIpc) is 3.24. The van der Waals surface area contributed by atoms with E-state index >= 15 is 0 Å². The van der Waals surface area contributed by atoms with E-state index in [1.54, 1.807) is 48.7 Å². The Morgan fingerprint density at radius 1 is 0.900 bits per heavy atom. The second-order valence-corrected chi connectivity index (χ2v) is 6.05. The molecule has 4 aromatic rings. The second kappa shape index (κ2) is 7.82. The summed E-state index contributed by atoms with van der Waals surface area (Å²) in [5, 5.41) is 12.3. The summed E-state index contributed by atoms with van der Waals surface area (Å²) in [5.74, 6) is 0.331. The quantitative estimate of drug-likeness (QED) is 0.486. The minimum atomic E-state index is -4.81. The van der Waals surface area contributed by atoms with Crippen molar-refractivity contribution in [1.82, 2.24) is 25.2 Å². The Hall–Kier alpha value is -3.95. The lowest BCUT2D eigenvalue weighted by Gasteiger charge is -2.15. The third-order valence-electron chi connectivity index (χ3n) is 4.13. The Bertz CT molecular complexity index is 1160. The van der Waals surface area contributed by atoms with E-state index in [4.69, 9.17) is 4.74 Å². The van der Waals surface area contributed by atoms with E-state index in [1.807, 2.05) is 0 Å². The van der Waals surface area contributed by atoms with Crippen molar-refractivity contribution in [3.63, 3.8) is 0 Å². The van der Waals surface area contributed by atoms with E-state index in [0.29, 0.717) is 28.5 Å². The van der Waals surface area contributed by atoms with E-state index in [-0.39, 0.29) is 11.3 Å². The van der Waals surface area contributed by atoms with Crippen LogP contribution in [-0.4, -0.2) is 38.7 Å². The number of methoxy groups -OCH3 is 1. The van der Waals surface area contributed by atoms with Crippen LogP contribution in [0.15, 0.2) is 66.9 Å². The first-order valence-electron chi connectivity index (χ1n) is 8.69. The van der Waals surface area contributed by atoms with E-state index in [0.717, 1.165) is 0 Å². The van der Waals surface area contributed by atoms with E-state index in [9.17, 15) is 13.2 Å². The number of hydrogen-bond acceptors (Lipinski definition) is 6. The van der Waals surface area contributed by atoms with Crippen molar-refractivity contribution in [3.8, 4) is 39.8 Å². The highest BCUT2D eigenvalue weighted by Crippen LogP contribution is 2.39. The molecule has 0 aliphatic heterocycles. The molecule has 0 aliphatic carbocycles. The molecule has 4 rings (SSSR count). The SMILES string of the molecule is COc1cc(-n2nnc(-c3ccccn3)n2)ccc1-c1ccccc1OC(F)(F)F. The van der Waals surface area contributed by atoms with E-state index in [1.165, 1.54) is 30.1 Å². The number of nitrogens with zero attached hydrogens (tertiary/aromatic N) is 5. The fourth-order valence-corrected chi connectivity index (χ4v) is 2.85. The molecular weight excluding hydrogens is 399 g/mol. The molecule has 7 nitrogen and oxygen atoms in total. The summed E-state index contributed by atoms with van der Waals surface area (Å²) >= 11 is 0. The molecule has 0 atom stereocenters. The molecule has 0 fully saturated rings. The molecule has 0 spiro atoms. The first-order chi connectivity index (χ1) is 14.4. The third-order valence-corrected chi connectivity index (χ3v) is 4.13. The highest BCUT2D eigenvalue weighted by Gasteiger charge is 2.32. The second-order valence-electron chi connectivity index (χ2n) is 6.05. The summed E-state index contributed by atoms with van der Waals surface area (Å²) in [5.41, 5.74) is 1.73. The van der Waals surface area contributed by atoms with Gasteiger partial charge in [0.2, 0.25) is 5.82 Å². The van der Waals surface area contributed by atoms with Crippen LogP contribution in [-0.2, 0) is 0 Å². The molecule has 152 valence electrons. The van der Waals surface area contributed by atoms with Crippen LogP contribution in [0.1, 0.15) is 0 Å². The molecule has 0 saturated carbocycles. The number of ether oxygens (including phenoxy) is 2. The fourth-order valence-electron chi connectivity index (χ4n) is 2.85. The van der Waals surface area contributed by atoms with Gasteiger partial charge in [0.25, 0.3) is 0 Å². The molecule has 0 aliphatic rings. The van der Waals surface area contributed by atoms with Gasteiger partial charge in [0.1, 0.15) is 17.2 Å². The van der Waals surface area contributed by atoms with Crippen LogP contribution >= 0.6 is 0 Å².